The van der Waals surface area contributed by atoms with Gasteiger partial charge in [0.15, 0.2) is 0 Å². The molecule has 0 amide bonds. The van der Waals surface area contributed by atoms with Gasteiger partial charge in [0.2, 0.25) is 0 Å². The van der Waals surface area contributed by atoms with E-state index in [1.807, 2.05) is 13.8 Å². The Hall–Kier alpha value is -2.22. The lowest BCUT2D eigenvalue weighted by molar-refractivity contribution is 0.217. The number of anilines is 2. The van der Waals surface area contributed by atoms with Crippen LogP contribution in [0.15, 0.2) is 35.4 Å². The zero-order chi connectivity index (χ0) is 15.5. The number of benzene rings is 1. The smallest absolute Gasteiger partial charge is 0.267 e. The summed E-state index contributed by atoms with van der Waals surface area (Å²) in [6.45, 7) is 3.96. The predicted octanol–water partition coefficient (Wildman–Crippen LogP) is 1.97. The average Bonchev–Trinajstić information content (AvgIpc) is 2.85. The lowest BCUT2D eigenvalue weighted by atomic mass is 10.3. The van der Waals surface area contributed by atoms with Crippen molar-refractivity contribution in [1.82, 2.24) is 10.2 Å². The maximum atomic E-state index is 12.2. The Morgan fingerprint density at radius 2 is 2.24 bits per heavy atom. The quantitative estimate of drug-likeness (QED) is 0.755. The van der Waals surface area contributed by atoms with Crippen LogP contribution in [0.25, 0.3) is 0 Å². The number of rotatable bonds is 6. The summed E-state index contributed by atoms with van der Waals surface area (Å²) in [6, 6.07) is 6.75. The number of aromatic amines is 1. The van der Waals surface area contributed by atoms with Gasteiger partial charge in [-0.3, -0.25) is 9.82 Å². The number of hydrogen-bond acceptors (Lipinski definition) is 5. The van der Waals surface area contributed by atoms with Gasteiger partial charge in [-0.1, -0.05) is 13.0 Å². The second-order valence-corrected chi connectivity index (χ2v) is 6.27. The Labute approximate surface area is 123 Å². The molecule has 0 saturated carbocycles. The third kappa shape index (κ3) is 3.66. The van der Waals surface area contributed by atoms with E-state index in [0.29, 0.717) is 11.4 Å². The molecular formula is C13H18N4O3S. The molecule has 8 heteroatoms. The van der Waals surface area contributed by atoms with Crippen LogP contribution < -0.4 is 15.2 Å². The van der Waals surface area contributed by atoms with Crippen molar-refractivity contribution >= 4 is 21.5 Å². The Morgan fingerprint density at radius 3 is 2.86 bits per heavy atom. The summed E-state index contributed by atoms with van der Waals surface area (Å²) in [4.78, 5) is -0.0873. The van der Waals surface area contributed by atoms with Crippen molar-refractivity contribution in [2.45, 2.75) is 31.3 Å². The topological polar surface area (TPSA) is 110 Å². The summed E-state index contributed by atoms with van der Waals surface area (Å²) in [5.74, 6) is 0.597. The van der Waals surface area contributed by atoms with Crippen LogP contribution in [0.2, 0.25) is 0 Å². The van der Waals surface area contributed by atoms with E-state index in [1.54, 1.807) is 24.3 Å². The molecule has 0 fully saturated rings. The molecule has 1 aromatic carbocycles. The summed E-state index contributed by atoms with van der Waals surface area (Å²) >= 11 is 0. The number of sulfonamides is 1. The monoisotopic (exact) mass is 310 g/mol. The van der Waals surface area contributed by atoms with Crippen molar-refractivity contribution in [2.24, 2.45) is 0 Å². The molecule has 2 rings (SSSR count). The van der Waals surface area contributed by atoms with Gasteiger partial charge in [-0.05, 0) is 25.5 Å². The van der Waals surface area contributed by atoms with E-state index >= 15 is 0 Å². The number of ether oxygens (including phenoxy) is 1. The number of nitrogens with two attached hydrogens (primary N) is 1. The average molecular weight is 310 g/mol. The third-order valence-corrected chi connectivity index (χ3v) is 4.33. The van der Waals surface area contributed by atoms with Gasteiger partial charge < -0.3 is 10.5 Å². The Bertz CT molecular complexity index is 712. The van der Waals surface area contributed by atoms with Gasteiger partial charge in [0.1, 0.15) is 16.5 Å². The summed E-state index contributed by atoms with van der Waals surface area (Å²) in [6.07, 6.45) is 2.08. The number of hydrogen-bond donors (Lipinski definition) is 3. The molecule has 114 valence electrons. The number of aromatic nitrogens is 2. The van der Waals surface area contributed by atoms with Crippen molar-refractivity contribution in [2.75, 3.05) is 10.5 Å². The molecule has 0 aliphatic rings. The fraction of sp³-hybridized carbons (Fsp3) is 0.308. The lowest BCUT2D eigenvalue weighted by Crippen LogP contribution is -2.14. The highest BCUT2D eigenvalue weighted by molar-refractivity contribution is 7.92. The normalized spacial score (nSPS) is 12.9. The van der Waals surface area contributed by atoms with Gasteiger partial charge in [0.05, 0.1) is 18.0 Å². The summed E-state index contributed by atoms with van der Waals surface area (Å²) < 4.78 is 32.5. The highest BCUT2D eigenvalue weighted by atomic mass is 32.2. The van der Waals surface area contributed by atoms with Crippen molar-refractivity contribution in [3.63, 3.8) is 0 Å². The van der Waals surface area contributed by atoms with Crippen molar-refractivity contribution < 1.29 is 13.2 Å². The van der Waals surface area contributed by atoms with Gasteiger partial charge in [0, 0.05) is 6.07 Å². The van der Waals surface area contributed by atoms with Gasteiger partial charge in [-0.15, -0.1) is 0 Å². The molecule has 1 unspecified atom stereocenters. The van der Waals surface area contributed by atoms with E-state index in [-0.39, 0.29) is 16.8 Å². The van der Waals surface area contributed by atoms with Crippen LogP contribution in [0.5, 0.6) is 5.75 Å². The van der Waals surface area contributed by atoms with Gasteiger partial charge >= 0.3 is 0 Å². The number of nitrogens with one attached hydrogen (secondary N) is 2. The molecule has 0 saturated heterocycles. The zero-order valence-corrected chi connectivity index (χ0v) is 12.6. The second kappa shape index (κ2) is 6.04. The van der Waals surface area contributed by atoms with E-state index in [9.17, 15) is 8.42 Å². The fourth-order valence-corrected chi connectivity index (χ4v) is 2.73. The molecular weight excluding hydrogens is 292 g/mol. The van der Waals surface area contributed by atoms with Crippen LogP contribution in [0, 0.1) is 0 Å². The Kier molecular flexibility index (Phi) is 4.37. The van der Waals surface area contributed by atoms with Crippen molar-refractivity contribution in [3.05, 3.63) is 30.5 Å². The molecule has 0 radical (unpaired) electrons. The first-order chi connectivity index (χ1) is 9.92. The van der Waals surface area contributed by atoms with Crippen LogP contribution in [-0.4, -0.2) is 24.7 Å². The van der Waals surface area contributed by atoms with Crippen LogP contribution in [0.4, 0.5) is 11.5 Å². The van der Waals surface area contributed by atoms with Crippen molar-refractivity contribution in [3.8, 4) is 5.75 Å². The molecule has 1 heterocycles. The second-order valence-electron chi connectivity index (χ2n) is 4.62. The van der Waals surface area contributed by atoms with Crippen LogP contribution in [0.1, 0.15) is 20.3 Å². The van der Waals surface area contributed by atoms with Crippen molar-refractivity contribution in [1.29, 1.82) is 0 Å². The summed E-state index contributed by atoms with van der Waals surface area (Å²) in [7, 11) is -3.78. The largest absolute Gasteiger partial charge is 0.491 e. The Morgan fingerprint density at radius 1 is 1.48 bits per heavy atom. The summed E-state index contributed by atoms with van der Waals surface area (Å²) in [5, 5.41) is 5.99. The molecule has 0 spiro atoms. The molecule has 1 atom stereocenters. The standard InChI is InChI=1S/C13H18N4O3S/c1-3-9(2)20-11-6-4-5-10(7-11)17-21(18,19)12-8-15-16-13(12)14/h4-9,17H,3H2,1-2H3,(H3,14,15,16). The maximum Gasteiger partial charge on any atom is 0.267 e. The molecule has 7 nitrogen and oxygen atoms in total. The van der Waals surface area contributed by atoms with E-state index in [1.165, 1.54) is 0 Å². The predicted molar refractivity (Wildman–Crippen MR) is 80.6 cm³/mol. The van der Waals surface area contributed by atoms with Gasteiger partial charge in [-0.2, -0.15) is 5.10 Å². The van der Waals surface area contributed by atoms with E-state index in [2.05, 4.69) is 14.9 Å². The Balaban J connectivity index is 2.20. The maximum absolute atomic E-state index is 12.2. The number of nitrogens with zero attached hydrogens (tertiary/aromatic N) is 1. The molecule has 1 aromatic heterocycles. The number of H-pyrrole nitrogens is 1. The van der Waals surface area contributed by atoms with E-state index < -0.39 is 10.0 Å². The first kappa shape index (κ1) is 15.2. The molecule has 0 aliphatic heterocycles. The summed E-state index contributed by atoms with van der Waals surface area (Å²) in [5.41, 5.74) is 5.93. The minimum Gasteiger partial charge on any atom is -0.491 e. The molecule has 2 aromatic rings. The fourth-order valence-electron chi connectivity index (χ4n) is 1.66. The lowest BCUT2D eigenvalue weighted by Gasteiger charge is -2.14. The van der Waals surface area contributed by atoms with E-state index in [0.717, 1.165) is 12.6 Å². The SMILES string of the molecule is CCC(C)Oc1cccc(NS(=O)(=O)c2cn[nH]c2N)c1. The highest BCUT2D eigenvalue weighted by Crippen LogP contribution is 2.23. The highest BCUT2D eigenvalue weighted by Gasteiger charge is 2.19. The van der Waals surface area contributed by atoms with Gasteiger partial charge in [0.25, 0.3) is 10.0 Å². The molecule has 21 heavy (non-hydrogen) atoms. The third-order valence-electron chi connectivity index (χ3n) is 2.92. The minimum absolute atomic E-state index is 0.00508. The molecule has 0 aliphatic carbocycles. The van der Waals surface area contributed by atoms with E-state index in [4.69, 9.17) is 10.5 Å². The number of nitrogen functional groups attached to an aromatic ring is 1. The van der Waals surface area contributed by atoms with Crippen LogP contribution in [-0.2, 0) is 10.0 Å². The molecule has 4 N–H and O–H groups in total. The zero-order valence-electron chi connectivity index (χ0n) is 11.8. The molecule has 0 bridgehead atoms. The van der Waals surface area contributed by atoms with Crippen LogP contribution >= 0.6 is 0 Å². The van der Waals surface area contributed by atoms with Crippen LogP contribution in [0.3, 0.4) is 0 Å². The first-order valence-corrected chi connectivity index (χ1v) is 7.99. The minimum atomic E-state index is -3.78. The van der Waals surface area contributed by atoms with Gasteiger partial charge in [-0.25, -0.2) is 8.42 Å². The first-order valence-electron chi connectivity index (χ1n) is 6.50.